The molecule has 1 saturated heterocycles. The summed E-state index contributed by atoms with van der Waals surface area (Å²) in [5.74, 6) is 0.0152. The molecule has 3 amide bonds. The highest BCUT2D eigenvalue weighted by Gasteiger charge is 2.28. The average molecular weight is 408 g/mol. The summed E-state index contributed by atoms with van der Waals surface area (Å²) in [4.78, 5) is 24.5. The lowest BCUT2D eigenvalue weighted by atomic mass is 9.96. The van der Waals surface area contributed by atoms with Crippen molar-refractivity contribution in [1.29, 1.82) is 0 Å². The maximum atomic E-state index is 12.5. The average Bonchev–Trinajstić information content (AvgIpc) is 2.96. The van der Waals surface area contributed by atoms with Crippen molar-refractivity contribution in [2.75, 3.05) is 16.8 Å². The Balaban J connectivity index is 1.48. The normalized spacial score (nSPS) is 22.6. The van der Waals surface area contributed by atoms with E-state index in [1.165, 1.54) is 19.3 Å². The molecule has 1 aliphatic carbocycles. The van der Waals surface area contributed by atoms with Gasteiger partial charge in [-0.1, -0.05) is 32.1 Å². The molecule has 2 aliphatic rings. The van der Waals surface area contributed by atoms with Crippen LogP contribution in [0, 0.1) is 0 Å². The zero-order valence-corrected chi connectivity index (χ0v) is 16.9. The van der Waals surface area contributed by atoms with Gasteiger partial charge in [-0.3, -0.25) is 4.79 Å². The van der Waals surface area contributed by atoms with Gasteiger partial charge in [0.25, 0.3) is 5.91 Å². The maximum absolute atomic E-state index is 12.5. The lowest BCUT2D eigenvalue weighted by molar-refractivity contribution is 0.0930. The summed E-state index contributed by atoms with van der Waals surface area (Å²) in [5, 5.41) is 8.48. The third-order valence-electron chi connectivity index (χ3n) is 5.41. The topological polar surface area (TPSA) is 104 Å². The first kappa shape index (κ1) is 20.6. The molecule has 28 heavy (non-hydrogen) atoms. The first-order valence-corrected chi connectivity index (χ1v) is 11.9. The zero-order chi connectivity index (χ0) is 20.0. The van der Waals surface area contributed by atoms with Gasteiger partial charge in [0.1, 0.15) is 0 Å². The predicted molar refractivity (Wildman–Crippen MR) is 109 cm³/mol. The standard InChI is InChI=1S/C20H29N3O4S/c24-19(21-16-6-4-2-1-3-5-7-16)15-8-10-17(11-9-15)22-20(25)23-18-12-13-28(26,27)14-18/h8-11,16,18H,1-7,12-14H2,(H,21,24)(H2,22,23,25)/t18-/m0/s1. The van der Waals surface area contributed by atoms with Crippen molar-refractivity contribution in [2.24, 2.45) is 0 Å². The molecule has 1 atom stereocenters. The van der Waals surface area contributed by atoms with Gasteiger partial charge in [-0.15, -0.1) is 0 Å². The second-order valence-electron chi connectivity index (χ2n) is 7.79. The largest absolute Gasteiger partial charge is 0.349 e. The number of rotatable bonds is 4. The first-order chi connectivity index (χ1) is 13.4. The molecular weight excluding hydrogens is 378 g/mol. The van der Waals surface area contributed by atoms with Crippen LogP contribution in [0.3, 0.4) is 0 Å². The minimum Gasteiger partial charge on any atom is -0.349 e. The Morgan fingerprint density at radius 2 is 1.46 bits per heavy atom. The molecule has 1 aliphatic heterocycles. The van der Waals surface area contributed by atoms with Gasteiger partial charge in [-0.2, -0.15) is 0 Å². The van der Waals surface area contributed by atoms with Crippen LogP contribution in [-0.4, -0.2) is 43.9 Å². The van der Waals surface area contributed by atoms with Crippen molar-refractivity contribution in [3.05, 3.63) is 29.8 Å². The second kappa shape index (κ2) is 9.41. The number of hydrogen-bond donors (Lipinski definition) is 3. The van der Waals surface area contributed by atoms with Gasteiger partial charge in [-0.25, -0.2) is 13.2 Å². The number of sulfone groups is 1. The van der Waals surface area contributed by atoms with Crippen LogP contribution in [0.1, 0.15) is 61.7 Å². The van der Waals surface area contributed by atoms with Gasteiger partial charge in [0.05, 0.1) is 11.5 Å². The molecular formula is C20H29N3O4S. The van der Waals surface area contributed by atoms with Gasteiger partial charge in [0, 0.05) is 23.3 Å². The van der Waals surface area contributed by atoms with E-state index in [0.717, 1.165) is 25.7 Å². The molecule has 0 bridgehead atoms. The van der Waals surface area contributed by atoms with E-state index >= 15 is 0 Å². The highest BCUT2D eigenvalue weighted by Crippen LogP contribution is 2.18. The molecule has 154 valence electrons. The van der Waals surface area contributed by atoms with Crippen LogP contribution in [0.2, 0.25) is 0 Å². The van der Waals surface area contributed by atoms with Gasteiger partial charge in [-0.05, 0) is 43.5 Å². The summed E-state index contributed by atoms with van der Waals surface area (Å²) in [7, 11) is -3.03. The van der Waals surface area contributed by atoms with E-state index in [2.05, 4.69) is 16.0 Å². The summed E-state index contributed by atoms with van der Waals surface area (Å²) in [6.07, 6.45) is 8.58. The molecule has 1 aromatic rings. The van der Waals surface area contributed by atoms with Crippen LogP contribution >= 0.6 is 0 Å². The van der Waals surface area contributed by atoms with Gasteiger partial charge in [0.15, 0.2) is 9.84 Å². The van der Waals surface area contributed by atoms with E-state index in [4.69, 9.17) is 0 Å². The van der Waals surface area contributed by atoms with Crippen LogP contribution in [0.25, 0.3) is 0 Å². The van der Waals surface area contributed by atoms with E-state index < -0.39 is 15.9 Å². The first-order valence-electron chi connectivity index (χ1n) is 10.1. The third-order valence-corrected chi connectivity index (χ3v) is 7.18. The third kappa shape index (κ3) is 6.22. The lowest BCUT2D eigenvalue weighted by Gasteiger charge is -2.21. The molecule has 1 saturated carbocycles. The second-order valence-corrected chi connectivity index (χ2v) is 10.0. The summed E-state index contributed by atoms with van der Waals surface area (Å²) < 4.78 is 22.9. The molecule has 7 nitrogen and oxygen atoms in total. The SMILES string of the molecule is O=C(Nc1ccc(C(=O)NC2CCCCCCC2)cc1)N[C@H]1CCS(=O)(=O)C1. The van der Waals surface area contributed by atoms with Crippen LogP contribution in [0.5, 0.6) is 0 Å². The fraction of sp³-hybridized carbons (Fsp3) is 0.600. The highest BCUT2D eigenvalue weighted by molar-refractivity contribution is 7.91. The Labute approximate surface area is 166 Å². The van der Waals surface area contributed by atoms with E-state index in [9.17, 15) is 18.0 Å². The number of hydrogen-bond acceptors (Lipinski definition) is 4. The van der Waals surface area contributed by atoms with E-state index in [1.54, 1.807) is 24.3 Å². The maximum Gasteiger partial charge on any atom is 0.319 e. The minimum absolute atomic E-state index is 0.0132. The number of urea groups is 1. The van der Waals surface area contributed by atoms with Crippen molar-refractivity contribution >= 4 is 27.5 Å². The van der Waals surface area contributed by atoms with Crippen LogP contribution in [0.4, 0.5) is 10.5 Å². The number of anilines is 1. The quantitative estimate of drug-likeness (QED) is 0.714. The Bertz CT molecular complexity index is 784. The Kier molecular flexibility index (Phi) is 6.93. The zero-order valence-electron chi connectivity index (χ0n) is 16.1. The Hall–Kier alpha value is -2.09. The number of amides is 3. The Morgan fingerprint density at radius 1 is 0.821 bits per heavy atom. The molecule has 0 unspecified atom stereocenters. The van der Waals surface area contributed by atoms with Crippen LogP contribution < -0.4 is 16.0 Å². The molecule has 1 heterocycles. The summed E-state index contributed by atoms with van der Waals surface area (Å²) in [6.45, 7) is 0. The summed E-state index contributed by atoms with van der Waals surface area (Å²) in [5.41, 5.74) is 1.12. The molecule has 1 aromatic carbocycles. The van der Waals surface area contributed by atoms with Gasteiger partial charge < -0.3 is 16.0 Å². The highest BCUT2D eigenvalue weighted by atomic mass is 32.2. The molecule has 8 heteroatoms. The Morgan fingerprint density at radius 3 is 2.07 bits per heavy atom. The van der Waals surface area contributed by atoms with Crippen LogP contribution in [-0.2, 0) is 9.84 Å². The molecule has 2 fully saturated rings. The predicted octanol–water partition coefficient (Wildman–Crippen LogP) is 2.84. The monoisotopic (exact) mass is 407 g/mol. The smallest absolute Gasteiger partial charge is 0.319 e. The van der Waals surface area contributed by atoms with E-state index in [0.29, 0.717) is 17.7 Å². The number of benzene rings is 1. The summed E-state index contributed by atoms with van der Waals surface area (Å²) >= 11 is 0. The van der Waals surface area contributed by atoms with E-state index in [1.807, 2.05) is 0 Å². The van der Waals surface area contributed by atoms with E-state index in [-0.39, 0.29) is 29.5 Å². The number of nitrogens with one attached hydrogen (secondary N) is 3. The lowest BCUT2D eigenvalue weighted by Crippen LogP contribution is -2.38. The number of carbonyl (C=O) groups is 2. The van der Waals surface area contributed by atoms with Crippen molar-refractivity contribution in [3.8, 4) is 0 Å². The minimum atomic E-state index is -3.03. The van der Waals surface area contributed by atoms with Crippen molar-refractivity contribution in [1.82, 2.24) is 10.6 Å². The molecule has 0 spiro atoms. The van der Waals surface area contributed by atoms with Crippen molar-refractivity contribution in [3.63, 3.8) is 0 Å². The number of carbonyl (C=O) groups excluding carboxylic acids is 2. The van der Waals surface area contributed by atoms with Gasteiger partial charge in [0.2, 0.25) is 0 Å². The summed E-state index contributed by atoms with van der Waals surface area (Å²) in [6, 6.07) is 6.18. The fourth-order valence-electron chi connectivity index (χ4n) is 3.84. The van der Waals surface area contributed by atoms with Gasteiger partial charge >= 0.3 is 6.03 Å². The van der Waals surface area contributed by atoms with Crippen molar-refractivity contribution < 1.29 is 18.0 Å². The molecule has 0 radical (unpaired) electrons. The molecule has 0 aromatic heterocycles. The fourth-order valence-corrected chi connectivity index (χ4v) is 5.51. The van der Waals surface area contributed by atoms with Crippen LogP contribution in [0.15, 0.2) is 24.3 Å². The molecule has 3 rings (SSSR count). The molecule has 3 N–H and O–H groups in total. The van der Waals surface area contributed by atoms with Crippen molar-refractivity contribution in [2.45, 2.75) is 63.5 Å².